The summed E-state index contributed by atoms with van der Waals surface area (Å²) in [5, 5.41) is 13.5. The summed E-state index contributed by atoms with van der Waals surface area (Å²) in [6.07, 6.45) is 4.89. The molecule has 0 aliphatic heterocycles. The average molecular weight is 396 g/mol. The van der Waals surface area contributed by atoms with Crippen molar-refractivity contribution in [3.8, 4) is 6.07 Å². The molecule has 1 amide bonds. The van der Waals surface area contributed by atoms with Crippen molar-refractivity contribution in [2.24, 2.45) is 5.92 Å². The number of carbonyl (C=O) groups excluding carboxylic acids is 1. The fourth-order valence-corrected chi connectivity index (χ4v) is 3.91. The number of halogens is 1. The Bertz CT molecular complexity index is 839. The molecule has 0 bridgehead atoms. The molecule has 0 atom stereocenters. The highest BCUT2D eigenvalue weighted by atomic mass is 35.5. The fraction of sp³-hybridized carbons (Fsp3) is 0.391. The molecule has 1 saturated carbocycles. The molecule has 0 unspecified atom stereocenters. The molecule has 146 valence electrons. The number of nitrogens with one attached hydrogen (secondary N) is 1. The van der Waals surface area contributed by atoms with Crippen LogP contribution in [-0.4, -0.2) is 25.0 Å². The summed E-state index contributed by atoms with van der Waals surface area (Å²) in [6.45, 7) is 3.55. The lowest BCUT2D eigenvalue weighted by Gasteiger charge is -2.29. The number of rotatable bonds is 6. The number of amides is 1. The van der Waals surface area contributed by atoms with Gasteiger partial charge in [0.1, 0.15) is 0 Å². The third-order valence-corrected chi connectivity index (χ3v) is 5.66. The standard InChI is InChI=1S/C23H26ClN3O/c1-17-7-11-20(12-8-17)26-13-14-27(21-5-3-2-4-6-21)23(28)22-15-19(24)10-9-18(22)16-25/h2-6,9-10,15,17,20,26H,7-8,11-14H2,1H3/t17-,20-. The maximum Gasteiger partial charge on any atom is 0.259 e. The zero-order chi connectivity index (χ0) is 19.9. The van der Waals surface area contributed by atoms with E-state index in [9.17, 15) is 10.1 Å². The predicted octanol–water partition coefficient (Wildman–Crippen LogP) is 5.03. The molecule has 0 radical (unpaired) electrons. The minimum Gasteiger partial charge on any atom is -0.312 e. The van der Waals surface area contributed by atoms with Crippen molar-refractivity contribution >= 4 is 23.2 Å². The van der Waals surface area contributed by atoms with Gasteiger partial charge in [0.15, 0.2) is 0 Å². The smallest absolute Gasteiger partial charge is 0.259 e. The highest BCUT2D eigenvalue weighted by molar-refractivity contribution is 6.31. The van der Waals surface area contributed by atoms with Gasteiger partial charge in [0.25, 0.3) is 5.91 Å². The Balaban J connectivity index is 1.75. The van der Waals surface area contributed by atoms with Gasteiger partial charge in [0, 0.05) is 29.8 Å². The van der Waals surface area contributed by atoms with E-state index in [1.54, 1.807) is 23.1 Å². The Morgan fingerprint density at radius 2 is 1.89 bits per heavy atom. The highest BCUT2D eigenvalue weighted by Gasteiger charge is 2.22. The summed E-state index contributed by atoms with van der Waals surface area (Å²) in [5.74, 6) is 0.608. The van der Waals surface area contributed by atoms with Crippen molar-refractivity contribution in [2.75, 3.05) is 18.0 Å². The molecule has 2 aromatic carbocycles. The molecule has 0 spiro atoms. The Kier molecular flexibility index (Phi) is 7.08. The van der Waals surface area contributed by atoms with Crippen LogP contribution in [0.3, 0.4) is 0 Å². The monoisotopic (exact) mass is 395 g/mol. The molecule has 4 nitrogen and oxygen atoms in total. The maximum atomic E-state index is 13.3. The summed E-state index contributed by atoms with van der Waals surface area (Å²) in [7, 11) is 0. The van der Waals surface area contributed by atoms with Crippen LogP contribution in [0.4, 0.5) is 5.69 Å². The lowest BCUT2D eigenvalue weighted by Crippen LogP contribution is -2.41. The van der Waals surface area contributed by atoms with E-state index in [-0.39, 0.29) is 5.91 Å². The van der Waals surface area contributed by atoms with Crippen molar-refractivity contribution in [1.82, 2.24) is 5.32 Å². The van der Waals surface area contributed by atoms with Gasteiger partial charge < -0.3 is 10.2 Å². The number of benzene rings is 2. The molecule has 1 fully saturated rings. The van der Waals surface area contributed by atoms with Gasteiger partial charge in [-0.25, -0.2) is 0 Å². The van der Waals surface area contributed by atoms with Crippen LogP contribution in [0.1, 0.15) is 48.5 Å². The van der Waals surface area contributed by atoms with Gasteiger partial charge in [-0.2, -0.15) is 5.26 Å². The van der Waals surface area contributed by atoms with E-state index in [1.807, 2.05) is 30.3 Å². The Labute approximate surface area is 172 Å². The van der Waals surface area contributed by atoms with Crippen LogP contribution < -0.4 is 10.2 Å². The fourth-order valence-electron chi connectivity index (χ4n) is 3.74. The Morgan fingerprint density at radius 3 is 2.57 bits per heavy atom. The first-order chi connectivity index (χ1) is 13.6. The normalized spacial score (nSPS) is 19.0. The quantitative estimate of drug-likeness (QED) is 0.746. The number of carbonyl (C=O) groups is 1. The van der Waals surface area contributed by atoms with Gasteiger partial charge >= 0.3 is 0 Å². The Morgan fingerprint density at radius 1 is 1.18 bits per heavy atom. The Hall–Kier alpha value is -2.35. The first kappa shape index (κ1) is 20.4. The molecule has 3 rings (SSSR count). The average Bonchev–Trinajstić information content (AvgIpc) is 2.72. The van der Waals surface area contributed by atoms with E-state index < -0.39 is 0 Å². The third-order valence-electron chi connectivity index (χ3n) is 5.43. The van der Waals surface area contributed by atoms with E-state index in [4.69, 9.17) is 11.6 Å². The van der Waals surface area contributed by atoms with Gasteiger partial charge in [0.05, 0.1) is 17.2 Å². The van der Waals surface area contributed by atoms with Gasteiger partial charge in [-0.15, -0.1) is 0 Å². The lowest BCUT2D eigenvalue weighted by molar-refractivity contribution is 0.0986. The molecular formula is C23H26ClN3O. The van der Waals surface area contributed by atoms with Crippen molar-refractivity contribution in [3.63, 3.8) is 0 Å². The number of hydrogen-bond donors (Lipinski definition) is 1. The number of para-hydroxylation sites is 1. The van der Waals surface area contributed by atoms with E-state index in [1.165, 1.54) is 25.7 Å². The second kappa shape index (κ2) is 9.73. The molecule has 5 heteroatoms. The summed E-state index contributed by atoms with van der Waals surface area (Å²) < 4.78 is 0. The molecule has 1 aliphatic rings. The topological polar surface area (TPSA) is 56.1 Å². The van der Waals surface area contributed by atoms with Crippen LogP contribution in [0.25, 0.3) is 0 Å². The molecule has 0 aromatic heterocycles. The zero-order valence-electron chi connectivity index (χ0n) is 16.2. The molecule has 2 aromatic rings. The SMILES string of the molecule is C[C@H]1CC[C@H](NCCN(C(=O)c2cc(Cl)ccc2C#N)c2ccccc2)CC1. The molecular weight excluding hydrogens is 370 g/mol. The minimum atomic E-state index is -0.204. The molecule has 1 aliphatic carbocycles. The second-order valence-electron chi connectivity index (χ2n) is 7.50. The van der Waals surface area contributed by atoms with Crippen LogP contribution in [0.2, 0.25) is 5.02 Å². The second-order valence-corrected chi connectivity index (χ2v) is 7.94. The molecule has 0 heterocycles. The molecule has 1 N–H and O–H groups in total. The van der Waals surface area contributed by atoms with E-state index in [2.05, 4.69) is 18.3 Å². The number of anilines is 1. The van der Waals surface area contributed by atoms with Crippen molar-refractivity contribution in [2.45, 2.75) is 38.6 Å². The van der Waals surface area contributed by atoms with Crippen LogP contribution in [0.5, 0.6) is 0 Å². The number of nitriles is 1. The van der Waals surface area contributed by atoms with E-state index in [0.717, 1.165) is 11.6 Å². The molecule has 0 saturated heterocycles. The van der Waals surface area contributed by atoms with Gasteiger partial charge in [-0.05, 0) is 61.9 Å². The van der Waals surface area contributed by atoms with Crippen molar-refractivity contribution < 1.29 is 4.79 Å². The van der Waals surface area contributed by atoms with Crippen LogP contribution in [0, 0.1) is 17.2 Å². The first-order valence-electron chi connectivity index (χ1n) is 9.88. The van der Waals surface area contributed by atoms with Crippen LogP contribution in [0.15, 0.2) is 48.5 Å². The number of hydrogen-bond acceptors (Lipinski definition) is 3. The summed E-state index contributed by atoms with van der Waals surface area (Å²) in [5.41, 5.74) is 1.49. The largest absolute Gasteiger partial charge is 0.312 e. The summed E-state index contributed by atoms with van der Waals surface area (Å²) >= 11 is 6.09. The summed E-state index contributed by atoms with van der Waals surface area (Å²) in [6, 6.07) is 17.0. The first-order valence-corrected chi connectivity index (χ1v) is 10.3. The van der Waals surface area contributed by atoms with E-state index >= 15 is 0 Å². The number of nitrogens with zero attached hydrogens (tertiary/aromatic N) is 2. The van der Waals surface area contributed by atoms with Crippen LogP contribution >= 0.6 is 11.6 Å². The third kappa shape index (κ3) is 5.13. The summed E-state index contributed by atoms with van der Waals surface area (Å²) in [4.78, 5) is 15.0. The van der Waals surface area contributed by atoms with E-state index in [0.29, 0.717) is 35.3 Å². The minimum absolute atomic E-state index is 0.204. The van der Waals surface area contributed by atoms with Crippen LogP contribution in [-0.2, 0) is 0 Å². The highest BCUT2D eigenvalue weighted by Crippen LogP contribution is 2.24. The van der Waals surface area contributed by atoms with Gasteiger partial charge in [-0.1, -0.05) is 36.7 Å². The van der Waals surface area contributed by atoms with Crippen molar-refractivity contribution in [3.05, 3.63) is 64.7 Å². The van der Waals surface area contributed by atoms with Crippen molar-refractivity contribution in [1.29, 1.82) is 5.26 Å². The van der Waals surface area contributed by atoms with Gasteiger partial charge in [0.2, 0.25) is 0 Å². The predicted molar refractivity (Wildman–Crippen MR) is 114 cm³/mol. The van der Waals surface area contributed by atoms with Gasteiger partial charge in [-0.3, -0.25) is 4.79 Å². The molecule has 28 heavy (non-hydrogen) atoms. The maximum absolute atomic E-state index is 13.3. The lowest BCUT2D eigenvalue weighted by atomic mass is 9.87. The zero-order valence-corrected chi connectivity index (χ0v) is 17.0.